The quantitative estimate of drug-likeness (QED) is 0.798. The number of nitrogens with one attached hydrogen (secondary N) is 2. The predicted molar refractivity (Wildman–Crippen MR) is 91.8 cm³/mol. The van der Waals surface area contributed by atoms with Crippen LogP contribution in [0.3, 0.4) is 0 Å². The monoisotopic (exact) mass is 344 g/mol. The summed E-state index contributed by atoms with van der Waals surface area (Å²) in [5.74, 6) is 0.222. The number of fused-ring (bicyclic) bond motifs is 1. The molecule has 25 heavy (non-hydrogen) atoms. The SMILES string of the molecule is O=C(N[C@H]1CCCOc2ccc(F)cc21)N[C@H](CO)c1ccccc1. The van der Waals surface area contributed by atoms with Gasteiger partial charge in [-0.3, -0.25) is 0 Å². The van der Waals surface area contributed by atoms with E-state index in [1.54, 1.807) is 6.07 Å². The van der Waals surface area contributed by atoms with E-state index in [-0.39, 0.29) is 18.5 Å². The zero-order chi connectivity index (χ0) is 17.6. The van der Waals surface area contributed by atoms with Crippen LogP contribution in [0, 0.1) is 5.82 Å². The normalized spacial score (nSPS) is 17.6. The van der Waals surface area contributed by atoms with Crippen molar-refractivity contribution in [3.05, 3.63) is 65.5 Å². The van der Waals surface area contributed by atoms with Gasteiger partial charge in [0.2, 0.25) is 0 Å². The minimum Gasteiger partial charge on any atom is -0.493 e. The number of aliphatic hydroxyl groups is 1. The van der Waals surface area contributed by atoms with Crippen LogP contribution in [0.25, 0.3) is 0 Å². The third kappa shape index (κ3) is 4.28. The molecule has 0 aliphatic carbocycles. The van der Waals surface area contributed by atoms with Crippen LogP contribution >= 0.6 is 0 Å². The molecule has 0 fully saturated rings. The third-order valence-corrected chi connectivity index (χ3v) is 4.24. The third-order valence-electron chi connectivity index (χ3n) is 4.24. The highest BCUT2D eigenvalue weighted by molar-refractivity contribution is 5.75. The van der Waals surface area contributed by atoms with Crippen molar-refractivity contribution < 1.29 is 19.0 Å². The van der Waals surface area contributed by atoms with Crippen molar-refractivity contribution >= 4 is 6.03 Å². The fraction of sp³-hybridized carbons (Fsp3) is 0.316. The van der Waals surface area contributed by atoms with Gasteiger partial charge < -0.3 is 20.5 Å². The summed E-state index contributed by atoms with van der Waals surface area (Å²) in [6, 6.07) is 12.3. The first-order chi connectivity index (χ1) is 12.2. The number of aliphatic hydroxyl groups excluding tert-OH is 1. The van der Waals surface area contributed by atoms with Crippen molar-refractivity contribution in [2.45, 2.75) is 24.9 Å². The molecule has 1 aliphatic heterocycles. The predicted octanol–water partition coefficient (Wildman–Crippen LogP) is 3.07. The Morgan fingerprint density at radius 2 is 2.08 bits per heavy atom. The molecule has 0 saturated heterocycles. The zero-order valence-corrected chi connectivity index (χ0v) is 13.7. The van der Waals surface area contributed by atoms with E-state index in [4.69, 9.17) is 4.74 Å². The lowest BCUT2D eigenvalue weighted by atomic mass is 10.0. The van der Waals surface area contributed by atoms with Crippen molar-refractivity contribution in [3.8, 4) is 5.75 Å². The van der Waals surface area contributed by atoms with E-state index in [9.17, 15) is 14.3 Å². The summed E-state index contributed by atoms with van der Waals surface area (Å²) < 4.78 is 19.2. The van der Waals surface area contributed by atoms with Gasteiger partial charge in [-0.05, 0) is 36.6 Å². The summed E-state index contributed by atoms with van der Waals surface area (Å²) >= 11 is 0. The van der Waals surface area contributed by atoms with Crippen molar-refractivity contribution in [3.63, 3.8) is 0 Å². The first-order valence-corrected chi connectivity index (χ1v) is 8.32. The Morgan fingerprint density at radius 1 is 1.28 bits per heavy atom. The zero-order valence-electron chi connectivity index (χ0n) is 13.7. The van der Waals surface area contributed by atoms with Crippen molar-refractivity contribution in [2.75, 3.05) is 13.2 Å². The molecule has 2 atom stereocenters. The average Bonchev–Trinajstić information content (AvgIpc) is 2.82. The van der Waals surface area contributed by atoms with E-state index in [1.807, 2.05) is 30.3 Å². The number of urea groups is 1. The second-order valence-electron chi connectivity index (χ2n) is 5.99. The molecular formula is C19H21FN2O3. The maximum atomic E-state index is 13.6. The molecule has 2 aromatic rings. The molecule has 3 N–H and O–H groups in total. The molecule has 1 heterocycles. The molecule has 0 spiro atoms. The van der Waals surface area contributed by atoms with Crippen LogP contribution in [-0.4, -0.2) is 24.4 Å². The Hall–Kier alpha value is -2.60. The largest absolute Gasteiger partial charge is 0.493 e. The van der Waals surface area contributed by atoms with Crippen LogP contribution in [0.4, 0.5) is 9.18 Å². The summed E-state index contributed by atoms with van der Waals surface area (Å²) in [7, 11) is 0. The molecule has 0 unspecified atom stereocenters. The number of hydrogen-bond donors (Lipinski definition) is 3. The van der Waals surface area contributed by atoms with Crippen LogP contribution in [-0.2, 0) is 0 Å². The molecule has 132 valence electrons. The number of hydrogen-bond acceptors (Lipinski definition) is 3. The molecule has 0 radical (unpaired) electrons. The Morgan fingerprint density at radius 3 is 2.84 bits per heavy atom. The van der Waals surface area contributed by atoms with Gasteiger partial charge in [-0.1, -0.05) is 30.3 Å². The highest BCUT2D eigenvalue weighted by Crippen LogP contribution is 2.32. The Balaban J connectivity index is 1.71. The van der Waals surface area contributed by atoms with Gasteiger partial charge in [-0.25, -0.2) is 9.18 Å². The summed E-state index contributed by atoms with van der Waals surface area (Å²) in [6.45, 7) is 0.318. The van der Waals surface area contributed by atoms with E-state index in [2.05, 4.69) is 10.6 Å². The Labute approximate surface area is 145 Å². The van der Waals surface area contributed by atoms with Gasteiger partial charge >= 0.3 is 6.03 Å². The summed E-state index contributed by atoms with van der Waals surface area (Å²) in [4.78, 5) is 12.4. The Kier molecular flexibility index (Phi) is 5.50. The smallest absolute Gasteiger partial charge is 0.315 e. The van der Waals surface area contributed by atoms with Crippen LogP contribution in [0.15, 0.2) is 48.5 Å². The number of ether oxygens (including phenoxy) is 1. The van der Waals surface area contributed by atoms with Gasteiger partial charge in [-0.2, -0.15) is 0 Å². The number of halogens is 1. The van der Waals surface area contributed by atoms with E-state index in [1.165, 1.54) is 12.1 Å². The topological polar surface area (TPSA) is 70.6 Å². The number of amides is 2. The molecule has 0 saturated carbocycles. The minimum atomic E-state index is -0.504. The van der Waals surface area contributed by atoms with Crippen molar-refractivity contribution in [1.82, 2.24) is 10.6 Å². The lowest BCUT2D eigenvalue weighted by molar-refractivity contribution is 0.213. The van der Waals surface area contributed by atoms with Gasteiger partial charge in [-0.15, -0.1) is 0 Å². The highest BCUT2D eigenvalue weighted by Gasteiger charge is 2.23. The number of rotatable bonds is 4. The molecule has 3 rings (SSSR count). The Bertz CT molecular complexity index is 724. The number of carbonyl (C=O) groups excluding carboxylic acids is 1. The first kappa shape index (κ1) is 17.2. The number of carbonyl (C=O) groups is 1. The van der Waals surface area contributed by atoms with Crippen molar-refractivity contribution in [2.24, 2.45) is 0 Å². The van der Waals surface area contributed by atoms with Crippen LogP contribution < -0.4 is 15.4 Å². The van der Waals surface area contributed by atoms with Gasteiger partial charge in [0.15, 0.2) is 0 Å². The second-order valence-corrected chi connectivity index (χ2v) is 5.99. The lowest BCUT2D eigenvalue weighted by Crippen LogP contribution is -2.41. The maximum Gasteiger partial charge on any atom is 0.315 e. The van der Waals surface area contributed by atoms with Gasteiger partial charge in [0, 0.05) is 5.56 Å². The summed E-state index contributed by atoms with van der Waals surface area (Å²) in [5.41, 5.74) is 1.45. The van der Waals surface area contributed by atoms with Crippen molar-refractivity contribution in [1.29, 1.82) is 0 Å². The molecule has 0 aromatic heterocycles. The minimum absolute atomic E-state index is 0.212. The van der Waals surface area contributed by atoms with Crippen LogP contribution in [0.1, 0.15) is 36.1 Å². The van der Waals surface area contributed by atoms with E-state index >= 15 is 0 Å². The van der Waals surface area contributed by atoms with Crippen LogP contribution in [0.5, 0.6) is 5.75 Å². The maximum absolute atomic E-state index is 13.6. The van der Waals surface area contributed by atoms with Gasteiger partial charge in [0.1, 0.15) is 11.6 Å². The van der Waals surface area contributed by atoms with Crippen LogP contribution in [0.2, 0.25) is 0 Å². The highest BCUT2D eigenvalue weighted by atomic mass is 19.1. The standard InChI is InChI=1S/C19H21FN2O3/c20-14-8-9-18-15(11-14)16(7-4-10-25-18)21-19(24)22-17(12-23)13-5-2-1-3-6-13/h1-3,5-6,8-9,11,16-17,23H,4,7,10,12H2,(H2,21,22,24)/t16-,17+/m0/s1. The summed E-state index contributed by atoms with van der Waals surface area (Å²) in [6.07, 6.45) is 1.41. The number of benzene rings is 2. The average molecular weight is 344 g/mol. The fourth-order valence-electron chi connectivity index (χ4n) is 2.98. The van der Waals surface area contributed by atoms with E-state index < -0.39 is 12.1 Å². The first-order valence-electron chi connectivity index (χ1n) is 8.32. The second kappa shape index (κ2) is 7.98. The lowest BCUT2D eigenvalue weighted by Gasteiger charge is -2.22. The molecule has 6 heteroatoms. The molecule has 1 aliphatic rings. The molecule has 2 amide bonds. The molecule has 2 aromatic carbocycles. The van der Waals surface area contributed by atoms with E-state index in [0.717, 1.165) is 12.0 Å². The molecule has 5 nitrogen and oxygen atoms in total. The fourth-order valence-corrected chi connectivity index (χ4v) is 2.98. The molecular weight excluding hydrogens is 323 g/mol. The van der Waals surface area contributed by atoms with E-state index in [0.29, 0.717) is 24.3 Å². The van der Waals surface area contributed by atoms with Gasteiger partial charge in [0.05, 0.1) is 25.3 Å². The summed E-state index contributed by atoms with van der Waals surface area (Å²) in [5, 5.41) is 15.2. The molecule has 0 bridgehead atoms. The van der Waals surface area contributed by atoms with Gasteiger partial charge in [0.25, 0.3) is 0 Å².